The average Bonchev–Trinajstić information content (AvgIpc) is 3.13. The third-order valence-electron chi connectivity index (χ3n) is 4.61. The third-order valence-corrected chi connectivity index (χ3v) is 5.44. The van der Waals surface area contributed by atoms with Gasteiger partial charge in [0.2, 0.25) is 0 Å². The Balaban J connectivity index is 0.00000420. The van der Waals surface area contributed by atoms with E-state index in [-0.39, 0.29) is 36.3 Å². The minimum Gasteiger partial charge on any atom is -0.378 e. The van der Waals surface area contributed by atoms with Gasteiger partial charge in [-0.15, -0.1) is 24.0 Å². The van der Waals surface area contributed by atoms with E-state index in [0.29, 0.717) is 29.7 Å². The summed E-state index contributed by atoms with van der Waals surface area (Å²) in [5.74, 6) is 0.100. The van der Waals surface area contributed by atoms with Crippen LogP contribution in [-0.2, 0) is 26.9 Å². The molecule has 0 atom stereocenters. The number of ether oxygens (including phenoxy) is 1. The zero-order valence-corrected chi connectivity index (χ0v) is 20.4. The van der Waals surface area contributed by atoms with E-state index in [2.05, 4.69) is 15.6 Å². The van der Waals surface area contributed by atoms with Crippen LogP contribution in [0.1, 0.15) is 50.2 Å². The Morgan fingerprint density at radius 2 is 1.97 bits per heavy atom. The van der Waals surface area contributed by atoms with Crippen molar-refractivity contribution in [2.24, 2.45) is 4.99 Å². The standard InChI is InChI=1S/C20H32FN3O3S.HI/c1-3-22-20(23-11-6-12-27-19-7-4-5-8-19)24-14-17-13-18(21)10-9-16(17)15-28(2,25)26;/h9-10,13,19H,3-8,11-12,14-15H2,1-2H3,(H2,22,23,24);1H. The molecular formula is C20H33FIN3O3S. The molecule has 1 aromatic rings. The second-order valence-electron chi connectivity index (χ2n) is 7.24. The Morgan fingerprint density at radius 1 is 1.24 bits per heavy atom. The molecule has 1 fully saturated rings. The van der Waals surface area contributed by atoms with Gasteiger partial charge in [0.1, 0.15) is 5.82 Å². The van der Waals surface area contributed by atoms with Crippen LogP contribution in [0.15, 0.2) is 23.2 Å². The quantitative estimate of drug-likeness (QED) is 0.206. The van der Waals surface area contributed by atoms with Crippen LogP contribution in [0.4, 0.5) is 4.39 Å². The summed E-state index contributed by atoms with van der Waals surface area (Å²) >= 11 is 0. The summed E-state index contributed by atoms with van der Waals surface area (Å²) < 4.78 is 42.7. The molecule has 2 N–H and O–H groups in total. The van der Waals surface area contributed by atoms with Crippen LogP contribution in [0, 0.1) is 5.82 Å². The highest BCUT2D eigenvalue weighted by Gasteiger charge is 2.14. The molecule has 2 rings (SSSR count). The van der Waals surface area contributed by atoms with E-state index in [1.807, 2.05) is 6.92 Å². The van der Waals surface area contributed by atoms with Gasteiger partial charge in [-0.3, -0.25) is 0 Å². The molecule has 6 nitrogen and oxygen atoms in total. The highest BCUT2D eigenvalue weighted by Crippen LogP contribution is 2.20. The normalized spacial score (nSPS) is 15.2. The smallest absolute Gasteiger partial charge is 0.191 e. The Bertz CT molecular complexity index is 753. The van der Waals surface area contributed by atoms with Gasteiger partial charge in [-0.25, -0.2) is 17.8 Å². The summed E-state index contributed by atoms with van der Waals surface area (Å²) in [6.45, 7) is 4.31. The van der Waals surface area contributed by atoms with Crippen LogP contribution in [0.25, 0.3) is 0 Å². The lowest BCUT2D eigenvalue weighted by molar-refractivity contribution is 0.0574. The van der Waals surface area contributed by atoms with E-state index in [0.717, 1.165) is 19.6 Å². The molecule has 0 aromatic heterocycles. The Hall–Kier alpha value is -0.940. The van der Waals surface area contributed by atoms with Gasteiger partial charge >= 0.3 is 0 Å². The highest BCUT2D eigenvalue weighted by atomic mass is 127. The summed E-state index contributed by atoms with van der Waals surface area (Å²) in [5.41, 5.74) is 1.15. The minimum absolute atomic E-state index is 0. The lowest BCUT2D eigenvalue weighted by Crippen LogP contribution is -2.38. The number of aliphatic imine (C=N–C) groups is 1. The predicted octanol–water partition coefficient (Wildman–Crippen LogP) is 3.39. The van der Waals surface area contributed by atoms with Crippen molar-refractivity contribution < 1.29 is 17.5 Å². The van der Waals surface area contributed by atoms with Crippen molar-refractivity contribution in [1.29, 1.82) is 0 Å². The van der Waals surface area contributed by atoms with E-state index >= 15 is 0 Å². The topological polar surface area (TPSA) is 79.8 Å². The molecule has 0 heterocycles. The molecule has 0 bridgehead atoms. The molecule has 29 heavy (non-hydrogen) atoms. The first-order valence-electron chi connectivity index (χ1n) is 9.96. The van der Waals surface area contributed by atoms with E-state index in [9.17, 15) is 12.8 Å². The van der Waals surface area contributed by atoms with Crippen molar-refractivity contribution in [3.63, 3.8) is 0 Å². The van der Waals surface area contributed by atoms with Gasteiger partial charge in [-0.2, -0.15) is 0 Å². The van der Waals surface area contributed by atoms with Gasteiger partial charge in [0.25, 0.3) is 0 Å². The summed E-state index contributed by atoms with van der Waals surface area (Å²) in [6, 6.07) is 4.15. The number of halogens is 2. The SMILES string of the molecule is CCNC(=NCc1cc(F)ccc1CS(C)(=O)=O)NCCCOC1CCCC1.I. The first-order chi connectivity index (χ1) is 13.4. The number of nitrogens with one attached hydrogen (secondary N) is 2. The van der Waals surface area contributed by atoms with Crippen molar-refractivity contribution in [3.05, 3.63) is 35.1 Å². The van der Waals surface area contributed by atoms with Gasteiger partial charge in [0.05, 0.1) is 18.4 Å². The van der Waals surface area contributed by atoms with E-state index in [1.165, 1.54) is 50.1 Å². The van der Waals surface area contributed by atoms with E-state index < -0.39 is 15.7 Å². The number of rotatable bonds is 10. The lowest BCUT2D eigenvalue weighted by Gasteiger charge is -2.14. The first-order valence-corrected chi connectivity index (χ1v) is 12.0. The molecule has 9 heteroatoms. The fourth-order valence-electron chi connectivity index (χ4n) is 3.25. The third kappa shape index (κ3) is 10.6. The number of nitrogens with zero attached hydrogens (tertiary/aromatic N) is 1. The molecule has 0 spiro atoms. The number of sulfone groups is 1. The van der Waals surface area contributed by atoms with E-state index in [4.69, 9.17) is 4.74 Å². The molecular weight excluding hydrogens is 508 g/mol. The molecule has 1 aliphatic rings. The van der Waals surface area contributed by atoms with Crippen molar-refractivity contribution in [3.8, 4) is 0 Å². The number of benzene rings is 1. The zero-order chi connectivity index (χ0) is 20.4. The van der Waals surface area contributed by atoms with Crippen molar-refractivity contribution in [1.82, 2.24) is 10.6 Å². The summed E-state index contributed by atoms with van der Waals surface area (Å²) in [6.07, 6.45) is 7.33. The van der Waals surface area contributed by atoms with Gasteiger partial charge in [0.15, 0.2) is 15.8 Å². The molecule has 166 valence electrons. The predicted molar refractivity (Wildman–Crippen MR) is 126 cm³/mol. The van der Waals surface area contributed by atoms with Gasteiger partial charge in [0, 0.05) is 26.0 Å². The van der Waals surface area contributed by atoms with Crippen molar-refractivity contribution in [2.75, 3.05) is 26.0 Å². The number of guanidine groups is 1. The number of hydrogen-bond acceptors (Lipinski definition) is 4. The molecule has 0 radical (unpaired) electrons. The summed E-state index contributed by atoms with van der Waals surface area (Å²) in [4.78, 5) is 4.48. The molecule has 0 amide bonds. The van der Waals surface area contributed by atoms with Crippen molar-refractivity contribution in [2.45, 2.75) is 57.4 Å². The van der Waals surface area contributed by atoms with Crippen LogP contribution in [0.2, 0.25) is 0 Å². The van der Waals surface area contributed by atoms with Gasteiger partial charge in [-0.1, -0.05) is 18.9 Å². The molecule has 1 aromatic carbocycles. The van der Waals surface area contributed by atoms with Gasteiger partial charge < -0.3 is 15.4 Å². The molecule has 1 aliphatic carbocycles. The summed E-state index contributed by atoms with van der Waals surface area (Å²) in [5, 5.41) is 6.40. The zero-order valence-electron chi connectivity index (χ0n) is 17.2. The maximum absolute atomic E-state index is 13.6. The average molecular weight is 541 g/mol. The fraction of sp³-hybridized carbons (Fsp3) is 0.650. The first kappa shape index (κ1) is 26.1. The van der Waals surface area contributed by atoms with Crippen LogP contribution in [-0.4, -0.2) is 46.4 Å². The summed E-state index contributed by atoms with van der Waals surface area (Å²) in [7, 11) is -3.21. The minimum atomic E-state index is -3.21. The molecule has 0 saturated heterocycles. The Kier molecular flexibility index (Phi) is 12.0. The molecule has 1 saturated carbocycles. The second kappa shape index (κ2) is 13.4. The molecule has 0 unspecified atom stereocenters. The van der Waals surface area contributed by atoms with Crippen LogP contribution < -0.4 is 10.6 Å². The van der Waals surface area contributed by atoms with Crippen LogP contribution >= 0.6 is 24.0 Å². The van der Waals surface area contributed by atoms with Crippen molar-refractivity contribution >= 4 is 39.8 Å². The second-order valence-corrected chi connectivity index (χ2v) is 9.38. The fourth-order valence-corrected chi connectivity index (χ4v) is 4.10. The highest BCUT2D eigenvalue weighted by molar-refractivity contribution is 14.0. The maximum atomic E-state index is 13.6. The van der Waals surface area contributed by atoms with Crippen LogP contribution in [0.3, 0.4) is 0 Å². The maximum Gasteiger partial charge on any atom is 0.191 e. The van der Waals surface area contributed by atoms with Gasteiger partial charge in [-0.05, 0) is 49.4 Å². The largest absolute Gasteiger partial charge is 0.378 e. The van der Waals surface area contributed by atoms with Crippen LogP contribution in [0.5, 0.6) is 0 Å². The molecule has 0 aliphatic heterocycles. The Morgan fingerprint density at radius 3 is 2.62 bits per heavy atom. The lowest BCUT2D eigenvalue weighted by atomic mass is 10.1. The number of hydrogen-bond donors (Lipinski definition) is 2. The van der Waals surface area contributed by atoms with E-state index in [1.54, 1.807) is 0 Å². The monoisotopic (exact) mass is 541 g/mol. The Labute approximate surface area is 191 Å².